The lowest BCUT2D eigenvalue weighted by atomic mass is 9.81. The maximum Gasteiger partial charge on any atom is 0.586 e. The van der Waals surface area contributed by atoms with Crippen molar-refractivity contribution < 1.29 is 18.3 Å². The van der Waals surface area contributed by atoms with E-state index in [0.717, 1.165) is 12.0 Å². The fourth-order valence-electron chi connectivity index (χ4n) is 1.88. The van der Waals surface area contributed by atoms with Crippen LogP contribution in [0.3, 0.4) is 0 Å². The topological polar surface area (TPSA) is 44.5 Å². The molecule has 1 aliphatic rings. The molecule has 1 aromatic rings. The standard InChI is InChI=1S/C12H15F2NO2/c1-11(2,5-6-15)8-3-4-9-10(7-8)17-12(13,14)16-9/h3-4,7H,5-6,15H2,1-2H3. The monoisotopic (exact) mass is 243 g/mol. The molecule has 1 aliphatic heterocycles. The van der Waals surface area contributed by atoms with Gasteiger partial charge in [-0.1, -0.05) is 19.9 Å². The Morgan fingerprint density at radius 1 is 1.24 bits per heavy atom. The third kappa shape index (κ3) is 2.34. The van der Waals surface area contributed by atoms with Crippen LogP contribution in [0.2, 0.25) is 0 Å². The third-order valence-corrected chi connectivity index (χ3v) is 2.95. The molecule has 0 unspecified atom stereocenters. The number of ether oxygens (including phenoxy) is 2. The summed E-state index contributed by atoms with van der Waals surface area (Å²) in [6, 6.07) is 4.86. The van der Waals surface area contributed by atoms with Crippen molar-refractivity contribution in [2.75, 3.05) is 6.54 Å². The summed E-state index contributed by atoms with van der Waals surface area (Å²) >= 11 is 0. The van der Waals surface area contributed by atoms with Gasteiger partial charge in [-0.2, -0.15) is 0 Å². The number of hydrogen-bond donors (Lipinski definition) is 1. The molecule has 0 amide bonds. The van der Waals surface area contributed by atoms with Crippen molar-refractivity contribution in [3.63, 3.8) is 0 Å². The molecule has 0 spiro atoms. The fraction of sp³-hybridized carbons (Fsp3) is 0.500. The van der Waals surface area contributed by atoms with Gasteiger partial charge in [0, 0.05) is 0 Å². The van der Waals surface area contributed by atoms with Gasteiger partial charge in [0.25, 0.3) is 0 Å². The summed E-state index contributed by atoms with van der Waals surface area (Å²) in [6.07, 6.45) is -2.79. The van der Waals surface area contributed by atoms with E-state index in [9.17, 15) is 8.78 Å². The van der Waals surface area contributed by atoms with Crippen molar-refractivity contribution in [3.8, 4) is 11.5 Å². The molecule has 0 saturated heterocycles. The van der Waals surface area contributed by atoms with Crippen molar-refractivity contribution in [2.45, 2.75) is 32.0 Å². The summed E-state index contributed by atoms with van der Waals surface area (Å²) in [4.78, 5) is 0. The maximum atomic E-state index is 12.8. The van der Waals surface area contributed by atoms with Gasteiger partial charge in [0.1, 0.15) is 0 Å². The molecule has 0 saturated carbocycles. The van der Waals surface area contributed by atoms with E-state index in [4.69, 9.17) is 5.73 Å². The minimum absolute atomic E-state index is 0.0716. The Morgan fingerprint density at radius 3 is 2.53 bits per heavy atom. The molecule has 0 fully saturated rings. The maximum absolute atomic E-state index is 12.8. The summed E-state index contributed by atoms with van der Waals surface area (Å²) in [6.45, 7) is 4.56. The largest absolute Gasteiger partial charge is 0.586 e. The molecule has 3 nitrogen and oxygen atoms in total. The SMILES string of the molecule is CC(C)(CCN)c1ccc2c(c1)OC(F)(F)O2. The van der Waals surface area contributed by atoms with E-state index in [2.05, 4.69) is 9.47 Å². The van der Waals surface area contributed by atoms with Crippen LogP contribution in [0.1, 0.15) is 25.8 Å². The Balaban J connectivity index is 2.30. The van der Waals surface area contributed by atoms with Crippen molar-refractivity contribution >= 4 is 0 Å². The average Bonchev–Trinajstić information content (AvgIpc) is 2.50. The number of benzene rings is 1. The Hall–Kier alpha value is -1.36. The normalized spacial score (nSPS) is 17.2. The average molecular weight is 243 g/mol. The van der Waals surface area contributed by atoms with Gasteiger partial charge >= 0.3 is 6.29 Å². The van der Waals surface area contributed by atoms with Gasteiger partial charge in [-0.15, -0.1) is 8.78 Å². The number of halogens is 2. The number of fused-ring (bicyclic) bond motifs is 1. The second-order valence-electron chi connectivity index (χ2n) is 4.75. The molecule has 5 heteroatoms. The van der Waals surface area contributed by atoms with Crippen LogP contribution in [0.5, 0.6) is 11.5 Å². The predicted octanol–water partition coefficient (Wildman–Crippen LogP) is 2.63. The number of alkyl halides is 2. The fourth-order valence-corrected chi connectivity index (χ4v) is 1.88. The van der Waals surface area contributed by atoms with Crippen LogP contribution >= 0.6 is 0 Å². The van der Waals surface area contributed by atoms with Crippen molar-refractivity contribution in [2.24, 2.45) is 5.73 Å². The zero-order valence-corrected chi connectivity index (χ0v) is 9.80. The van der Waals surface area contributed by atoms with E-state index in [1.165, 1.54) is 6.07 Å². The highest BCUT2D eigenvalue weighted by atomic mass is 19.3. The van der Waals surface area contributed by atoms with Crippen LogP contribution in [0, 0.1) is 0 Å². The highest BCUT2D eigenvalue weighted by Gasteiger charge is 2.43. The van der Waals surface area contributed by atoms with E-state index < -0.39 is 6.29 Å². The second-order valence-corrected chi connectivity index (χ2v) is 4.75. The molecule has 2 N–H and O–H groups in total. The first-order valence-electron chi connectivity index (χ1n) is 5.44. The lowest BCUT2D eigenvalue weighted by Crippen LogP contribution is -2.26. The molecular weight excluding hydrogens is 228 g/mol. The minimum Gasteiger partial charge on any atom is -0.395 e. The zero-order valence-electron chi connectivity index (χ0n) is 9.80. The number of nitrogens with two attached hydrogens (primary N) is 1. The van der Waals surface area contributed by atoms with E-state index in [1.807, 2.05) is 13.8 Å². The predicted molar refractivity (Wildman–Crippen MR) is 59.3 cm³/mol. The second kappa shape index (κ2) is 3.84. The zero-order chi connectivity index (χ0) is 12.7. The first-order chi connectivity index (χ1) is 7.84. The van der Waals surface area contributed by atoms with Gasteiger partial charge in [0.2, 0.25) is 0 Å². The molecule has 94 valence electrons. The molecule has 0 aromatic heterocycles. The van der Waals surface area contributed by atoms with E-state index in [1.54, 1.807) is 12.1 Å². The highest BCUT2D eigenvalue weighted by molar-refractivity contribution is 5.46. The summed E-state index contributed by atoms with van der Waals surface area (Å²) in [5.74, 6) is 0.153. The summed E-state index contributed by atoms with van der Waals surface area (Å²) in [5.41, 5.74) is 6.26. The van der Waals surface area contributed by atoms with Gasteiger partial charge in [-0.05, 0) is 36.1 Å². The molecule has 1 heterocycles. The quantitative estimate of drug-likeness (QED) is 0.887. The Bertz CT molecular complexity index is 433. The minimum atomic E-state index is -3.56. The number of hydrogen-bond acceptors (Lipinski definition) is 3. The summed E-state index contributed by atoms with van der Waals surface area (Å²) in [5, 5.41) is 0. The van der Waals surface area contributed by atoms with Gasteiger partial charge < -0.3 is 15.2 Å². The smallest absolute Gasteiger partial charge is 0.395 e. The van der Waals surface area contributed by atoms with Gasteiger partial charge in [0.05, 0.1) is 0 Å². The lowest BCUT2D eigenvalue weighted by molar-refractivity contribution is -0.286. The molecule has 1 aromatic carbocycles. The molecule has 0 aliphatic carbocycles. The molecule has 0 atom stereocenters. The van der Waals surface area contributed by atoms with E-state index in [0.29, 0.717) is 6.54 Å². The third-order valence-electron chi connectivity index (χ3n) is 2.95. The van der Waals surface area contributed by atoms with Crippen LogP contribution in [-0.4, -0.2) is 12.8 Å². The van der Waals surface area contributed by atoms with E-state index in [-0.39, 0.29) is 16.9 Å². The molecule has 0 radical (unpaired) electrons. The molecular formula is C12H15F2NO2. The highest BCUT2D eigenvalue weighted by Crippen LogP contribution is 2.43. The Labute approximate surface area is 98.5 Å². The van der Waals surface area contributed by atoms with Crippen LogP contribution in [-0.2, 0) is 5.41 Å². The van der Waals surface area contributed by atoms with Crippen molar-refractivity contribution in [3.05, 3.63) is 23.8 Å². The lowest BCUT2D eigenvalue weighted by Gasteiger charge is -2.24. The van der Waals surface area contributed by atoms with Gasteiger partial charge in [-0.25, -0.2) is 0 Å². The van der Waals surface area contributed by atoms with E-state index >= 15 is 0 Å². The first-order valence-corrected chi connectivity index (χ1v) is 5.44. The molecule has 0 bridgehead atoms. The molecule has 2 rings (SSSR count). The Kier molecular flexibility index (Phi) is 2.73. The van der Waals surface area contributed by atoms with Gasteiger partial charge in [0.15, 0.2) is 11.5 Å². The number of rotatable bonds is 3. The van der Waals surface area contributed by atoms with Crippen LogP contribution in [0.15, 0.2) is 18.2 Å². The van der Waals surface area contributed by atoms with Gasteiger partial charge in [-0.3, -0.25) is 0 Å². The molecule has 17 heavy (non-hydrogen) atoms. The summed E-state index contributed by atoms with van der Waals surface area (Å²) < 4.78 is 34.5. The summed E-state index contributed by atoms with van der Waals surface area (Å²) in [7, 11) is 0. The van der Waals surface area contributed by atoms with Crippen LogP contribution in [0.25, 0.3) is 0 Å². The van der Waals surface area contributed by atoms with Crippen molar-refractivity contribution in [1.82, 2.24) is 0 Å². The Morgan fingerprint density at radius 2 is 1.88 bits per heavy atom. The first kappa shape index (κ1) is 12.1. The van der Waals surface area contributed by atoms with Crippen LogP contribution < -0.4 is 15.2 Å². The van der Waals surface area contributed by atoms with Crippen LogP contribution in [0.4, 0.5) is 8.78 Å². The van der Waals surface area contributed by atoms with Crippen molar-refractivity contribution in [1.29, 1.82) is 0 Å².